The van der Waals surface area contributed by atoms with Gasteiger partial charge in [-0.15, -0.1) is 0 Å². The number of fused-ring (bicyclic) bond motifs is 1. The molecule has 1 N–H and O–H groups in total. The maximum atomic E-state index is 3.42. The Bertz CT molecular complexity index is 1090. The van der Waals surface area contributed by atoms with Crippen LogP contribution in [0.5, 0.6) is 0 Å². The molecule has 4 rings (SSSR count). The maximum absolute atomic E-state index is 3.42. The Labute approximate surface area is 193 Å². The molecule has 0 radical (unpaired) electrons. The van der Waals surface area contributed by atoms with Gasteiger partial charge in [-0.05, 0) is 89.6 Å². The summed E-state index contributed by atoms with van der Waals surface area (Å²) in [5.74, 6) is 6.74. The van der Waals surface area contributed by atoms with Crippen LogP contribution in [-0.4, -0.2) is 54.1 Å². The number of anilines is 1. The van der Waals surface area contributed by atoms with Gasteiger partial charge in [0.05, 0.1) is 12.2 Å². The highest BCUT2D eigenvalue weighted by molar-refractivity contribution is 5.85. The molecule has 0 saturated carbocycles. The van der Waals surface area contributed by atoms with Crippen LogP contribution in [0.2, 0.25) is 0 Å². The van der Waals surface area contributed by atoms with Gasteiger partial charge in [0, 0.05) is 35.7 Å². The zero-order valence-corrected chi connectivity index (χ0v) is 20.0. The number of nitrogens with zero attached hydrogens (tertiary/aromatic N) is 3. The number of hydrogen-bond donors (Lipinski definition) is 1. The molecule has 1 aromatic heterocycles. The number of hydrogen-bond acceptors (Lipinski definition) is 3. The number of benzene rings is 2. The summed E-state index contributed by atoms with van der Waals surface area (Å²) in [6.07, 6.45) is 2.51. The topological polar surface area (TPSA) is 23.4 Å². The first-order valence-corrected chi connectivity index (χ1v) is 11.8. The monoisotopic (exact) mass is 428 g/mol. The first-order chi connectivity index (χ1) is 15.5. The van der Waals surface area contributed by atoms with Crippen molar-refractivity contribution in [1.82, 2.24) is 14.4 Å². The van der Waals surface area contributed by atoms with E-state index in [0.29, 0.717) is 6.54 Å². The van der Waals surface area contributed by atoms with E-state index < -0.39 is 0 Å². The molecule has 1 fully saturated rings. The highest BCUT2D eigenvalue weighted by Crippen LogP contribution is 2.26. The van der Waals surface area contributed by atoms with E-state index in [0.717, 1.165) is 30.5 Å². The summed E-state index contributed by atoms with van der Waals surface area (Å²) in [5.41, 5.74) is 6.20. The van der Waals surface area contributed by atoms with E-state index in [9.17, 15) is 0 Å². The molecule has 1 aliphatic heterocycles. The average Bonchev–Trinajstić information content (AvgIpc) is 3.16. The smallest absolute Gasteiger partial charge is 0.0931 e. The summed E-state index contributed by atoms with van der Waals surface area (Å²) in [7, 11) is 4.40. The zero-order valence-electron chi connectivity index (χ0n) is 20.0. The molecule has 2 aromatic carbocycles. The Balaban J connectivity index is 1.48. The molecule has 1 aliphatic rings. The Morgan fingerprint density at radius 1 is 1.06 bits per heavy atom. The quantitative estimate of drug-likeness (QED) is 0.562. The second-order valence-corrected chi connectivity index (χ2v) is 9.12. The SMILES string of the molecule is CCn1c(C#CCNc2ccc(C)cc2)cc2c(CN3CCC(N(C)C)CC3)cccc21. The van der Waals surface area contributed by atoms with Gasteiger partial charge in [0.1, 0.15) is 0 Å². The number of piperidine rings is 1. The summed E-state index contributed by atoms with van der Waals surface area (Å²) < 4.78 is 2.34. The molecule has 4 heteroatoms. The molecule has 0 spiro atoms. The first-order valence-electron chi connectivity index (χ1n) is 11.8. The van der Waals surface area contributed by atoms with E-state index in [-0.39, 0.29) is 0 Å². The van der Waals surface area contributed by atoms with E-state index in [1.807, 2.05) is 0 Å². The normalized spacial score (nSPS) is 15.2. The van der Waals surface area contributed by atoms with Crippen molar-refractivity contribution in [3.63, 3.8) is 0 Å². The van der Waals surface area contributed by atoms with Crippen molar-refractivity contribution in [2.75, 3.05) is 39.0 Å². The van der Waals surface area contributed by atoms with Crippen molar-refractivity contribution < 1.29 is 0 Å². The number of likely N-dealkylation sites (tertiary alicyclic amines) is 1. The second-order valence-electron chi connectivity index (χ2n) is 9.12. The van der Waals surface area contributed by atoms with Crippen LogP contribution in [0.4, 0.5) is 5.69 Å². The van der Waals surface area contributed by atoms with Crippen molar-refractivity contribution in [1.29, 1.82) is 0 Å². The van der Waals surface area contributed by atoms with E-state index >= 15 is 0 Å². The molecule has 3 aromatic rings. The van der Waals surface area contributed by atoms with Gasteiger partial charge >= 0.3 is 0 Å². The highest BCUT2D eigenvalue weighted by Gasteiger charge is 2.21. The molecular weight excluding hydrogens is 392 g/mol. The predicted molar refractivity (Wildman–Crippen MR) is 136 cm³/mol. The summed E-state index contributed by atoms with van der Waals surface area (Å²) in [5, 5.41) is 4.74. The average molecular weight is 429 g/mol. The summed E-state index contributed by atoms with van der Waals surface area (Å²) >= 11 is 0. The van der Waals surface area contributed by atoms with Gasteiger partial charge in [0.15, 0.2) is 0 Å². The van der Waals surface area contributed by atoms with Crippen LogP contribution in [-0.2, 0) is 13.1 Å². The largest absolute Gasteiger partial charge is 0.374 e. The third kappa shape index (κ3) is 5.18. The number of rotatable bonds is 6. The van der Waals surface area contributed by atoms with Gasteiger partial charge in [0.2, 0.25) is 0 Å². The second kappa shape index (κ2) is 10.3. The molecule has 0 unspecified atom stereocenters. The zero-order chi connectivity index (χ0) is 22.5. The predicted octanol–water partition coefficient (Wildman–Crippen LogP) is 4.96. The van der Waals surface area contributed by atoms with Crippen molar-refractivity contribution in [3.8, 4) is 11.8 Å². The highest BCUT2D eigenvalue weighted by atomic mass is 15.2. The molecule has 0 amide bonds. The van der Waals surface area contributed by atoms with Crippen LogP contribution in [0.25, 0.3) is 10.9 Å². The third-order valence-electron chi connectivity index (χ3n) is 6.68. The van der Waals surface area contributed by atoms with E-state index in [1.54, 1.807) is 0 Å². The first kappa shape index (κ1) is 22.5. The fourth-order valence-corrected chi connectivity index (χ4v) is 4.72. The van der Waals surface area contributed by atoms with Gasteiger partial charge in [-0.3, -0.25) is 4.90 Å². The molecule has 32 heavy (non-hydrogen) atoms. The van der Waals surface area contributed by atoms with Gasteiger partial charge in [-0.25, -0.2) is 0 Å². The lowest BCUT2D eigenvalue weighted by molar-refractivity contribution is 0.140. The molecule has 0 atom stereocenters. The minimum atomic E-state index is 0.641. The van der Waals surface area contributed by atoms with Gasteiger partial charge in [-0.2, -0.15) is 0 Å². The molecule has 0 bridgehead atoms. The Kier molecular flexibility index (Phi) is 7.19. The minimum Gasteiger partial charge on any atom is -0.374 e. The van der Waals surface area contributed by atoms with Crippen LogP contribution >= 0.6 is 0 Å². The minimum absolute atomic E-state index is 0.641. The molecule has 168 valence electrons. The third-order valence-corrected chi connectivity index (χ3v) is 6.68. The molecular formula is C28H36N4. The van der Waals surface area contributed by atoms with Gasteiger partial charge < -0.3 is 14.8 Å². The summed E-state index contributed by atoms with van der Waals surface area (Å²) in [6, 6.07) is 18.2. The Hall–Kier alpha value is -2.74. The van der Waals surface area contributed by atoms with Gasteiger partial charge in [-0.1, -0.05) is 35.7 Å². The number of aryl methyl sites for hydroxylation is 2. The van der Waals surface area contributed by atoms with Crippen LogP contribution in [0, 0.1) is 18.8 Å². The fourth-order valence-electron chi connectivity index (χ4n) is 4.72. The fraction of sp³-hybridized carbons (Fsp3) is 0.429. The van der Waals surface area contributed by atoms with Crippen LogP contribution in [0.15, 0.2) is 48.5 Å². The summed E-state index contributed by atoms with van der Waals surface area (Å²) in [6.45, 7) is 9.24. The van der Waals surface area contributed by atoms with Crippen LogP contribution in [0.3, 0.4) is 0 Å². The van der Waals surface area contributed by atoms with Crippen LogP contribution in [0.1, 0.15) is 36.6 Å². The lowest BCUT2D eigenvalue weighted by atomic mass is 10.0. The van der Waals surface area contributed by atoms with Crippen LogP contribution < -0.4 is 5.32 Å². The van der Waals surface area contributed by atoms with Crippen molar-refractivity contribution in [3.05, 3.63) is 65.4 Å². The van der Waals surface area contributed by atoms with E-state index in [2.05, 4.69) is 108 Å². The molecule has 2 heterocycles. The lowest BCUT2D eigenvalue weighted by Crippen LogP contribution is -2.41. The van der Waals surface area contributed by atoms with Gasteiger partial charge in [0.25, 0.3) is 0 Å². The number of aromatic nitrogens is 1. The lowest BCUT2D eigenvalue weighted by Gasteiger charge is -2.35. The van der Waals surface area contributed by atoms with Crippen molar-refractivity contribution in [2.24, 2.45) is 0 Å². The van der Waals surface area contributed by atoms with Crippen molar-refractivity contribution in [2.45, 2.75) is 45.8 Å². The Morgan fingerprint density at radius 2 is 1.81 bits per heavy atom. The number of nitrogens with one attached hydrogen (secondary N) is 1. The summed E-state index contributed by atoms with van der Waals surface area (Å²) in [4.78, 5) is 4.98. The van der Waals surface area contributed by atoms with Crippen molar-refractivity contribution >= 4 is 16.6 Å². The molecule has 0 aliphatic carbocycles. The maximum Gasteiger partial charge on any atom is 0.0931 e. The molecule has 1 saturated heterocycles. The van der Waals surface area contributed by atoms with E-state index in [4.69, 9.17) is 0 Å². The standard InChI is InChI=1S/C28H36N4/c1-5-32-26(9-7-17-29-24-13-11-22(2)12-14-24)20-27-23(8-6-10-28(27)32)21-31-18-15-25(16-19-31)30(3)4/h6,8,10-14,20,25,29H,5,15-19,21H2,1-4H3. The Morgan fingerprint density at radius 3 is 2.50 bits per heavy atom. The molecule has 4 nitrogen and oxygen atoms in total. The van der Waals surface area contributed by atoms with E-state index in [1.165, 1.54) is 48.0 Å².